The van der Waals surface area contributed by atoms with Crippen molar-refractivity contribution in [2.24, 2.45) is 5.41 Å². The molecule has 1 spiro atoms. The van der Waals surface area contributed by atoms with E-state index in [1.54, 1.807) is 50.3 Å². The average molecular weight is 367 g/mol. The Hall–Kier alpha value is -1.80. The zero-order valence-electron chi connectivity index (χ0n) is 14.9. The smallest absolute Gasteiger partial charge is 0.319 e. The lowest BCUT2D eigenvalue weighted by Gasteiger charge is -2.44. The van der Waals surface area contributed by atoms with E-state index in [2.05, 4.69) is 0 Å². The van der Waals surface area contributed by atoms with Crippen LogP contribution in [0.25, 0.3) is 0 Å². The average Bonchev–Trinajstić information content (AvgIpc) is 2.59. The predicted molar refractivity (Wildman–Crippen MR) is 94.1 cm³/mol. The summed E-state index contributed by atoms with van der Waals surface area (Å²) >= 11 is 0. The third-order valence-electron chi connectivity index (χ3n) is 5.11. The molecule has 2 aliphatic rings. The van der Waals surface area contributed by atoms with Crippen LogP contribution in [0.1, 0.15) is 12.8 Å². The molecule has 1 aromatic rings. The van der Waals surface area contributed by atoms with Gasteiger partial charge >= 0.3 is 6.03 Å². The molecule has 0 N–H and O–H groups in total. The number of para-hydroxylation sites is 1. The summed E-state index contributed by atoms with van der Waals surface area (Å²) in [4.78, 5) is 15.7. The quantitative estimate of drug-likeness (QED) is 0.696. The molecular formula is C17H25N3O4S. The first-order valence-corrected chi connectivity index (χ1v) is 9.84. The second kappa shape index (κ2) is 6.49. The van der Waals surface area contributed by atoms with E-state index in [1.165, 1.54) is 4.31 Å². The first-order valence-electron chi connectivity index (χ1n) is 8.40. The summed E-state index contributed by atoms with van der Waals surface area (Å²) in [5.74, 6) is 0.403. The first kappa shape index (κ1) is 18.0. The summed E-state index contributed by atoms with van der Waals surface area (Å²) in [6.07, 6.45) is 1.43. The van der Waals surface area contributed by atoms with Crippen molar-refractivity contribution in [3.63, 3.8) is 0 Å². The van der Waals surface area contributed by atoms with Crippen LogP contribution in [0.15, 0.2) is 29.2 Å². The third-order valence-corrected chi connectivity index (χ3v) is 6.95. The Morgan fingerprint density at radius 2 is 1.84 bits per heavy atom. The maximum Gasteiger partial charge on any atom is 0.319 e. The van der Waals surface area contributed by atoms with Crippen molar-refractivity contribution < 1.29 is 17.9 Å². The second-order valence-corrected chi connectivity index (χ2v) is 9.17. The number of benzene rings is 1. The van der Waals surface area contributed by atoms with Gasteiger partial charge in [0.05, 0.1) is 6.61 Å². The number of ether oxygens (including phenoxy) is 1. The molecule has 0 aliphatic carbocycles. The number of rotatable bonds is 0. The molecule has 0 saturated carbocycles. The summed E-state index contributed by atoms with van der Waals surface area (Å²) < 4.78 is 33.0. The molecule has 1 fully saturated rings. The minimum absolute atomic E-state index is 0.00654. The SMILES string of the molecule is CN(C)C(=O)N1CCC2(CC1)COc1ccccc1S(=O)(=O)N(C)C2. The summed E-state index contributed by atoms with van der Waals surface area (Å²) in [5.41, 5.74) is -0.279. The number of likely N-dealkylation sites (tertiary alicyclic amines) is 1. The number of carbonyl (C=O) groups excluding carboxylic acids is 1. The van der Waals surface area contributed by atoms with Gasteiger partial charge in [0.1, 0.15) is 10.6 Å². The molecule has 3 rings (SSSR count). The van der Waals surface area contributed by atoms with Crippen molar-refractivity contribution in [1.29, 1.82) is 0 Å². The van der Waals surface area contributed by atoms with Crippen LogP contribution in [0, 0.1) is 5.41 Å². The van der Waals surface area contributed by atoms with Gasteiger partial charge in [-0.2, -0.15) is 0 Å². The monoisotopic (exact) mass is 367 g/mol. The van der Waals surface area contributed by atoms with Gasteiger partial charge in [-0.15, -0.1) is 0 Å². The second-order valence-electron chi connectivity index (χ2n) is 7.16. The molecule has 0 unspecified atom stereocenters. The molecule has 0 aromatic heterocycles. The number of hydrogen-bond donors (Lipinski definition) is 0. The normalized spacial score (nSPS) is 22.4. The molecule has 0 radical (unpaired) electrons. The minimum atomic E-state index is -3.58. The van der Waals surface area contributed by atoms with Crippen molar-refractivity contribution in [3.05, 3.63) is 24.3 Å². The summed E-state index contributed by atoms with van der Waals surface area (Å²) in [7, 11) is 1.52. The molecule has 2 aliphatic heterocycles. The lowest BCUT2D eigenvalue weighted by atomic mass is 9.79. The summed E-state index contributed by atoms with van der Waals surface area (Å²) in [5, 5.41) is 0. The van der Waals surface area contributed by atoms with Crippen molar-refractivity contribution in [1.82, 2.24) is 14.1 Å². The lowest BCUT2D eigenvalue weighted by Crippen LogP contribution is -2.53. The molecule has 8 heteroatoms. The summed E-state index contributed by atoms with van der Waals surface area (Å²) in [6, 6.07) is 6.76. The third kappa shape index (κ3) is 3.32. The maximum atomic E-state index is 12.8. The zero-order chi connectivity index (χ0) is 18.2. The molecule has 1 saturated heterocycles. The van der Waals surface area contributed by atoms with Crippen LogP contribution in [0.4, 0.5) is 4.79 Å². The molecule has 0 bridgehead atoms. The van der Waals surface area contributed by atoms with Crippen LogP contribution < -0.4 is 4.74 Å². The van der Waals surface area contributed by atoms with E-state index < -0.39 is 10.0 Å². The van der Waals surface area contributed by atoms with Crippen LogP contribution in [0.2, 0.25) is 0 Å². The van der Waals surface area contributed by atoms with E-state index in [0.29, 0.717) is 44.8 Å². The number of fused-ring (bicyclic) bond motifs is 1. The first-order chi connectivity index (χ1) is 11.8. The minimum Gasteiger partial charge on any atom is -0.492 e. The fraction of sp³-hybridized carbons (Fsp3) is 0.588. The largest absolute Gasteiger partial charge is 0.492 e. The predicted octanol–water partition coefficient (Wildman–Crippen LogP) is 1.46. The highest BCUT2D eigenvalue weighted by Gasteiger charge is 2.42. The van der Waals surface area contributed by atoms with Gasteiger partial charge in [0.25, 0.3) is 0 Å². The van der Waals surface area contributed by atoms with Crippen molar-refractivity contribution in [3.8, 4) is 5.75 Å². The highest BCUT2D eigenvalue weighted by atomic mass is 32.2. The van der Waals surface area contributed by atoms with E-state index in [1.807, 2.05) is 4.90 Å². The number of amides is 2. The van der Waals surface area contributed by atoms with Gasteiger partial charge in [0, 0.05) is 46.2 Å². The van der Waals surface area contributed by atoms with Crippen LogP contribution in [-0.2, 0) is 10.0 Å². The molecule has 25 heavy (non-hydrogen) atoms. The number of nitrogens with zero attached hydrogens (tertiary/aromatic N) is 3. The van der Waals surface area contributed by atoms with Gasteiger partial charge in [-0.3, -0.25) is 0 Å². The maximum absolute atomic E-state index is 12.8. The summed E-state index contributed by atoms with van der Waals surface area (Å²) in [6.45, 7) is 2.06. The number of carbonyl (C=O) groups is 1. The molecule has 7 nitrogen and oxygen atoms in total. The van der Waals surface area contributed by atoms with Gasteiger partial charge in [0.2, 0.25) is 10.0 Å². The standard InChI is InChI=1S/C17H25N3O4S/c1-18(2)16(21)20-10-8-17(9-11-20)12-19(3)25(22,23)15-7-5-4-6-14(15)24-13-17/h4-7H,8-13H2,1-3H3. The Kier molecular flexibility index (Phi) is 4.68. The van der Waals surface area contributed by atoms with Gasteiger partial charge in [-0.05, 0) is 25.0 Å². The molecule has 138 valence electrons. The Morgan fingerprint density at radius 3 is 2.48 bits per heavy atom. The topological polar surface area (TPSA) is 70.2 Å². The molecule has 2 heterocycles. The highest BCUT2D eigenvalue weighted by Crippen LogP contribution is 2.38. The molecular weight excluding hydrogens is 342 g/mol. The van der Waals surface area contributed by atoms with E-state index in [0.717, 1.165) is 0 Å². The van der Waals surface area contributed by atoms with Crippen molar-refractivity contribution in [2.75, 3.05) is 47.4 Å². The van der Waals surface area contributed by atoms with E-state index >= 15 is 0 Å². The van der Waals surface area contributed by atoms with Gasteiger partial charge in [0.15, 0.2) is 0 Å². The van der Waals surface area contributed by atoms with Crippen LogP contribution in [0.3, 0.4) is 0 Å². The Morgan fingerprint density at radius 1 is 1.20 bits per heavy atom. The number of piperidine rings is 1. The highest BCUT2D eigenvalue weighted by molar-refractivity contribution is 7.89. The number of urea groups is 1. The fourth-order valence-corrected chi connectivity index (χ4v) is 4.95. The van der Waals surface area contributed by atoms with E-state index in [-0.39, 0.29) is 16.3 Å². The van der Waals surface area contributed by atoms with Crippen LogP contribution in [0.5, 0.6) is 5.75 Å². The fourth-order valence-electron chi connectivity index (χ4n) is 3.54. The molecule has 0 atom stereocenters. The van der Waals surface area contributed by atoms with Crippen LogP contribution in [-0.4, -0.2) is 75.9 Å². The van der Waals surface area contributed by atoms with Gasteiger partial charge < -0.3 is 14.5 Å². The molecule has 2 amide bonds. The Balaban J connectivity index is 1.84. The van der Waals surface area contributed by atoms with Crippen LogP contribution >= 0.6 is 0 Å². The zero-order valence-corrected chi connectivity index (χ0v) is 15.8. The molecule has 1 aromatic carbocycles. The van der Waals surface area contributed by atoms with Gasteiger partial charge in [-0.1, -0.05) is 12.1 Å². The van der Waals surface area contributed by atoms with Crippen molar-refractivity contribution >= 4 is 16.1 Å². The van der Waals surface area contributed by atoms with E-state index in [9.17, 15) is 13.2 Å². The van der Waals surface area contributed by atoms with Gasteiger partial charge in [-0.25, -0.2) is 17.5 Å². The number of sulfonamides is 1. The lowest BCUT2D eigenvalue weighted by molar-refractivity contribution is 0.0452. The van der Waals surface area contributed by atoms with Crippen molar-refractivity contribution in [2.45, 2.75) is 17.7 Å². The number of hydrogen-bond acceptors (Lipinski definition) is 4. The Bertz CT molecular complexity index is 755. The Labute approximate surface area is 149 Å². The van der Waals surface area contributed by atoms with E-state index in [4.69, 9.17) is 4.74 Å².